The maximum absolute atomic E-state index is 13.4. The molecular weight excluding hydrogens is 404 g/mol. The van der Waals surface area contributed by atoms with Gasteiger partial charge in [0.25, 0.3) is 0 Å². The molecule has 1 aliphatic rings. The van der Waals surface area contributed by atoms with Crippen molar-refractivity contribution in [2.24, 2.45) is 0 Å². The van der Waals surface area contributed by atoms with Gasteiger partial charge in [-0.3, -0.25) is 0 Å². The third-order valence-electron chi connectivity index (χ3n) is 5.29. The number of aryl methyl sites for hydroxylation is 2. The summed E-state index contributed by atoms with van der Waals surface area (Å²) in [5, 5.41) is 0. The minimum absolute atomic E-state index is 0.112. The molecule has 164 valence electrons. The van der Waals surface area contributed by atoms with Gasteiger partial charge in [-0.05, 0) is 44.9 Å². The second kappa shape index (κ2) is 9.72. The van der Waals surface area contributed by atoms with Gasteiger partial charge in [0.15, 0.2) is 0 Å². The lowest BCUT2D eigenvalue weighted by Crippen LogP contribution is -2.48. The standard InChI is InChI=1S/C21H30N4O4S/c1-16-14-17(2)23-21(22-16)24-10-8-18(9-11-24)25(12-13-28-3)30(26,27)20-7-5-6-19(15-20)29-4/h5-7,14-15,18H,8-13H2,1-4H3. The first-order chi connectivity index (χ1) is 14.3. The van der Waals surface area contributed by atoms with Gasteiger partial charge in [-0.15, -0.1) is 0 Å². The van der Waals surface area contributed by atoms with Crippen LogP contribution in [0.1, 0.15) is 24.2 Å². The van der Waals surface area contributed by atoms with Gasteiger partial charge in [0.05, 0.1) is 18.6 Å². The maximum Gasteiger partial charge on any atom is 0.243 e. The van der Waals surface area contributed by atoms with Gasteiger partial charge in [0.1, 0.15) is 5.75 Å². The molecule has 3 rings (SSSR count). The van der Waals surface area contributed by atoms with Crippen LogP contribution >= 0.6 is 0 Å². The van der Waals surface area contributed by atoms with Crippen LogP contribution in [0.4, 0.5) is 5.95 Å². The lowest BCUT2D eigenvalue weighted by molar-refractivity contribution is 0.159. The topological polar surface area (TPSA) is 84.9 Å². The molecule has 2 aromatic rings. The molecule has 0 aliphatic carbocycles. The number of rotatable bonds is 8. The molecule has 0 bridgehead atoms. The smallest absolute Gasteiger partial charge is 0.243 e. The molecule has 1 fully saturated rings. The molecule has 1 saturated heterocycles. The first-order valence-corrected chi connectivity index (χ1v) is 11.5. The molecule has 0 unspecified atom stereocenters. The van der Waals surface area contributed by atoms with Crippen molar-refractivity contribution in [2.45, 2.75) is 37.6 Å². The molecule has 2 heterocycles. The minimum atomic E-state index is -3.68. The summed E-state index contributed by atoms with van der Waals surface area (Å²) in [6.45, 7) is 5.95. The SMILES string of the molecule is COCCN(C1CCN(c2nc(C)cc(C)n2)CC1)S(=O)(=O)c1cccc(OC)c1. The summed E-state index contributed by atoms with van der Waals surface area (Å²) >= 11 is 0. The van der Waals surface area contributed by atoms with E-state index in [2.05, 4.69) is 14.9 Å². The Morgan fingerprint density at radius 3 is 2.37 bits per heavy atom. The van der Waals surface area contributed by atoms with Gasteiger partial charge < -0.3 is 14.4 Å². The van der Waals surface area contributed by atoms with E-state index < -0.39 is 10.0 Å². The predicted octanol–water partition coefficient (Wildman–Crippen LogP) is 2.41. The van der Waals surface area contributed by atoms with Gasteiger partial charge in [-0.1, -0.05) is 6.07 Å². The van der Waals surface area contributed by atoms with E-state index in [4.69, 9.17) is 9.47 Å². The van der Waals surface area contributed by atoms with E-state index in [9.17, 15) is 8.42 Å². The first-order valence-electron chi connectivity index (χ1n) is 10.1. The Bertz CT molecular complexity index is 939. The number of ether oxygens (including phenoxy) is 2. The Kier molecular flexibility index (Phi) is 7.27. The summed E-state index contributed by atoms with van der Waals surface area (Å²) < 4.78 is 38.8. The molecule has 1 aliphatic heterocycles. The van der Waals surface area contributed by atoms with Crippen LogP contribution in [0.15, 0.2) is 35.2 Å². The normalized spacial score (nSPS) is 15.6. The van der Waals surface area contributed by atoms with Gasteiger partial charge in [0, 0.05) is 50.2 Å². The summed E-state index contributed by atoms with van der Waals surface area (Å²) in [4.78, 5) is 11.4. The number of hydrogen-bond donors (Lipinski definition) is 0. The predicted molar refractivity (Wildman–Crippen MR) is 116 cm³/mol. The van der Waals surface area contributed by atoms with Crippen LogP contribution in [0.3, 0.4) is 0 Å². The number of sulfonamides is 1. The summed E-state index contributed by atoms with van der Waals surface area (Å²) in [6, 6.07) is 8.44. The van der Waals surface area contributed by atoms with Crippen molar-refractivity contribution in [2.75, 3.05) is 45.4 Å². The van der Waals surface area contributed by atoms with E-state index in [1.165, 1.54) is 7.11 Å². The molecule has 0 amide bonds. The lowest BCUT2D eigenvalue weighted by atomic mass is 10.1. The van der Waals surface area contributed by atoms with Crippen LogP contribution in [0.25, 0.3) is 0 Å². The average molecular weight is 435 g/mol. The molecule has 0 spiro atoms. The van der Waals surface area contributed by atoms with E-state index in [0.29, 0.717) is 50.8 Å². The Labute approximate surface area is 178 Å². The monoisotopic (exact) mass is 434 g/mol. The molecule has 0 N–H and O–H groups in total. The fourth-order valence-corrected chi connectivity index (χ4v) is 5.48. The number of aromatic nitrogens is 2. The Hall–Kier alpha value is -2.23. The van der Waals surface area contributed by atoms with Crippen LogP contribution in [0.2, 0.25) is 0 Å². The first kappa shape index (κ1) is 22.5. The summed E-state index contributed by atoms with van der Waals surface area (Å²) in [5.41, 5.74) is 1.86. The summed E-state index contributed by atoms with van der Waals surface area (Å²) in [7, 11) is -0.571. The van der Waals surface area contributed by atoms with Crippen molar-refractivity contribution in [1.29, 1.82) is 0 Å². The van der Waals surface area contributed by atoms with Crippen LogP contribution in [-0.4, -0.2) is 69.2 Å². The second-order valence-electron chi connectivity index (χ2n) is 7.46. The molecule has 30 heavy (non-hydrogen) atoms. The molecule has 1 aromatic carbocycles. The van der Waals surface area contributed by atoms with Gasteiger partial charge >= 0.3 is 0 Å². The van der Waals surface area contributed by atoms with Crippen LogP contribution in [-0.2, 0) is 14.8 Å². The highest BCUT2D eigenvalue weighted by Gasteiger charge is 2.34. The van der Waals surface area contributed by atoms with E-state index in [1.54, 1.807) is 35.7 Å². The Morgan fingerprint density at radius 1 is 1.10 bits per heavy atom. The molecule has 0 atom stereocenters. The quantitative estimate of drug-likeness (QED) is 0.631. The Morgan fingerprint density at radius 2 is 1.77 bits per heavy atom. The van der Waals surface area contributed by atoms with Crippen molar-refractivity contribution in [3.05, 3.63) is 41.7 Å². The zero-order valence-corrected chi connectivity index (χ0v) is 18.9. The molecule has 0 radical (unpaired) electrons. The highest BCUT2D eigenvalue weighted by atomic mass is 32.2. The van der Waals surface area contributed by atoms with Crippen LogP contribution in [0, 0.1) is 13.8 Å². The van der Waals surface area contributed by atoms with Crippen LogP contribution < -0.4 is 9.64 Å². The van der Waals surface area contributed by atoms with Crippen molar-refractivity contribution < 1.29 is 17.9 Å². The minimum Gasteiger partial charge on any atom is -0.497 e. The second-order valence-corrected chi connectivity index (χ2v) is 9.35. The van der Waals surface area contributed by atoms with Crippen LogP contribution in [0.5, 0.6) is 5.75 Å². The van der Waals surface area contributed by atoms with Crippen molar-refractivity contribution in [1.82, 2.24) is 14.3 Å². The average Bonchev–Trinajstić information content (AvgIpc) is 2.73. The highest BCUT2D eigenvalue weighted by Crippen LogP contribution is 2.27. The summed E-state index contributed by atoms with van der Waals surface area (Å²) in [5.74, 6) is 1.23. The number of nitrogens with zero attached hydrogens (tertiary/aromatic N) is 4. The van der Waals surface area contributed by atoms with E-state index in [0.717, 1.165) is 11.4 Å². The number of anilines is 1. The number of methoxy groups -OCH3 is 2. The molecule has 8 nitrogen and oxygen atoms in total. The zero-order valence-electron chi connectivity index (χ0n) is 18.0. The fourth-order valence-electron chi connectivity index (χ4n) is 3.78. The van der Waals surface area contributed by atoms with Crippen molar-refractivity contribution in [3.8, 4) is 5.75 Å². The van der Waals surface area contributed by atoms with Gasteiger partial charge in [-0.2, -0.15) is 4.31 Å². The van der Waals surface area contributed by atoms with E-state index >= 15 is 0 Å². The number of hydrogen-bond acceptors (Lipinski definition) is 7. The lowest BCUT2D eigenvalue weighted by Gasteiger charge is -2.37. The van der Waals surface area contributed by atoms with Gasteiger partial charge in [0.2, 0.25) is 16.0 Å². The maximum atomic E-state index is 13.4. The molecule has 9 heteroatoms. The summed E-state index contributed by atoms with van der Waals surface area (Å²) in [6.07, 6.45) is 1.40. The molecule has 1 aromatic heterocycles. The van der Waals surface area contributed by atoms with Crippen molar-refractivity contribution >= 4 is 16.0 Å². The third-order valence-corrected chi connectivity index (χ3v) is 7.24. The highest BCUT2D eigenvalue weighted by molar-refractivity contribution is 7.89. The number of piperidine rings is 1. The zero-order chi connectivity index (χ0) is 21.7. The Balaban J connectivity index is 1.79. The van der Waals surface area contributed by atoms with Crippen molar-refractivity contribution in [3.63, 3.8) is 0 Å². The van der Waals surface area contributed by atoms with E-state index in [1.807, 2.05) is 19.9 Å². The molecular formula is C21H30N4O4S. The molecule has 0 saturated carbocycles. The fraction of sp³-hybridized carbons (Fsp3) is 0.524. The van der Waals surface area contributed by atoms with Gasteiger partial charge in [-0.25, -0.2) is 18.4 Å². The number of benzene rings is 1. The van der Waals surface area contributed by atoms with E-state index in [-0.39, 0.29) is 10.9 Å². The largest absolute Gasteiger partial charge is 0.497 e. The third kappa shape index (κ3) is 5.08.